The van der Waals surface area contributed by atoms with Crippen molar-refractivity contribution >= 4 is 17.3 Å². The maximum Gasteiger partial charge on any atom is 0.347 e. The molecule has 0 fully saturated rings. The molecule has 2 aromatic heterocycles. The number of carboxylic acid groups (broad SMARTS) is 1. The van der Waals surface area contributed by atoms with Crippen LogP contribution in [0.25, 0.3) is 0 Å². The van der Waals surface area contributed by atoms with E-state index in [1.165, 1.54) is 4.57 Å². The molecule has 0 radical (unpaired) electrons. The quantitative estimate of drug-likeness (QED) is 0.904. The van der Waals surface area contributed by atoms with Crippen molar-refractivity contribution in [2.75, 3.05) is 0 Å². The van der Waals surface area contributed by atoms with Crippen molar-refractivity contribution in [3.8, 4) is 0 Å². The molecule has 21 heavy (non-hydrogen) atoms. The van der Waals surface area contributed by atoms with E-state index in [1.54, 1.807) is 25.2 Å². The molecule has 2 heterocycles. The second-order valence-electron chi connectivity index (χ2n) is 4.87. The van der Waals surface area contributed by atoms with Gasteiger partial charge in [-0.05, 0) is 20.8 Å². The van der Waals surface area contributed by atoms with Crippen LogP contribution in [0, 0.1) is 20.8 Å². The van der Waals surface area contributed by atoms with Gasteiger partial charge in [-0.1, -0.05) is 0 Å². The fourth-order valence-corrected chi connectivity index (χ4v) is 2.91. The molecule has 0 aliphatic carbocycles. The zero-order chi connectivity index (χ0) is 15.6. The van der Waals surface area contributed by atoms with E-state index in [-0.39, 0.29) is 12.1 Å². The van der Waals surface area contributed by atoms with Crippen LogP contribution in [-0.4, -0.2) is 25.6 Å². The number of nitrogens with zero attached hydrogens (tertiary/aromatic N) is 3. The molecule has 0 spiro atoms. The number of aryl methyl sites for hydroxylation is 3. The number of hydrogen-bond acceptors (Lipinski definition) is 5. The normalized spacial score (nSPS) is 10.8. The topological polar surface area (TPSA) is 85.1 Å². The Kier molecular flexibility index (Phi) is 4.52. The van der Waals surface area contributed by atoms with Gasteiger partial charge in [0.15, 0.2) is 0 Å². The highest BCUT2D eigenvalue weighted by Gasteiger charge is 2.14. The first-order valence-corrected chi connectivity index (χ1v) is 7.46. The van der Waals surface area contributed by atoms with Gasteiger partial charge < -0.3 is 5.11 Å². The van der Waals surface area contributed by atoms with Crippen molar-refractivity contribution in [2.45, 2.75) is 40.2 Å². The molecule has 0 unspecified atom stereocenters. The number of rotatable bonds is 5. The molecule has 1 N–H and O–H groups in total. The van der Waals surface area contributed by atoms with Crippen LogP contribution in [0.4, 0.5) is 0 Å². The molecule has 7 heteroatoms. The highest BCUT2D eigenvalue weighted by molar-refractivity contribution is 7.09. The van der Waals surface area contributed by atoms with Gasteiger partial charge in [-0.3, -0.25) is 9.36 Å². The van der Waals surface area contributed by atoms with Crippen molar-refractivity contribution < 1.29 is 9.90 Å². The van der Waals surface area contributed by atoms with Crippen molar-refractivity contribution in [2.24, 2.45) is 0 Å². The Bertz CT molecular complexity index is 734. The third kappa shape index (κ3) is 3.55. The average Bonchev–Trinajstić information content (AvgIpc) is 2.80. The van der Waals surface area contributed by atoms with E-state index in [9.17, 15) is 9.59 Å². The van der Waals surface area contributed by atoms with Gasteiger partial charge in [-0.15, -0.1) is 11.3 Å². The van der Waals surface area contributed by atoms with Gasteiger partial charge in [0, 0.05) is 35.3 Å². The minimum absolute atomic E-state index is 0.124. The number of thiazole rings is 1. The fraction of sp³-hybridized carbons (Fsp3) is 0.429. The predicted molar refractivity (Wildman–Crippen MR) is 79.9 cm³/mol. The van der Waals surface area contributed by atoms with Gasteiger partial charge in [-0.25, -0.2) is 9.78 Å². The Morgan fingerprint density at radius 1 is 1.33 bits per heavy atom. The van der Waals surface area contributed by atoms with Gasteiger partial charge in [-0.2, -0.15) is 4.98 Å². The molecule has 2 aromatic rings. The molecule has 0 saturated heterocycles. The van der Waals surface area contributed by atoms with Gasteiger partial charge in [0.2, 0.25) is 0 Å². The third-order valence-electron chi connectivity index (χ3n) is 3.36. The largest absolute Gasteiger partial charge is 0.481 e. The third-order valence-corrected chi connectivity index (χ3v) is 4.18. The smallest absolute Gasteiger partial charge is 0.347 e. The molecule has 112 valence electrons. The molecule has 0 bridgehead atoms. The summed E-state index contributed by atoms with van der Waals surface area (Å²) in [4.78, 5) is 31.2. The van der Waals surface area contributed by atoms with Gasteiger partial charge in [0.25, 0.3) is 0 Å². The lowest BCUT2D eigenvalue weighted by atomic mass is 10.1. The maximum absolute atomic E-state index is 12.0. The zero-order valence-corrected chi connectivity index (χ0v) is 13.0. The highest BCUT2D eigenvalue weighted by Crippen LogP contribution is 2.12. The molecular weight excluding hydrogens is 290 g/mol. The van der Waals surface area contributed by atoms with Crippen LogP contribution in [0.1, 0.15) is 27.7 Å². The van der Waals surface area contributed by atoms with Crippen molar-refractivity contribution in [3.63, 3.8) is 0 Å². The summed E-state index contributed by atoms with van der Waals surface area (Å²) in [6.07, 6.45) is 0.503. The monoisotopic (exact) mass is 307 g/mol. The summed E-state index contributed by atoms with van der Waals surface area (Å²) in [6.45, 7) is 5.82. The second kappa shape index (κ2) is 6.17. The summed E-state index contributed by atoms with van der Waals surface area (Å²) in [5, 5.41) is 11.9. The Labute approximate surface area is 126 Å². The molecule has 2 rings (SSSR count). The number of aliphatic carboxylic acids is 1. The summed E-state index contributed by atoms with van der Waals surface area (Å²) < 4.78 is 1.53. The van der Waals surface area contributed by atoms with Crippen LogP contribution in [0.5, 0.6) is 0 Å². The van der Waals surface area contributed by atoms with E-state index in [2.05, 4.69) is 9.97 Å². The van der Waals surface area contributed by atoms with E-state index in [1.807, 2.05) is 12.3 Å². The van der Waals surface area contributed by atoms with E-state index < -0.39 is 5.97 Å². The number of carbonyl (C=O) groups is 1. The van der Waals surface area contributed by atoms with Crippen LogP contribution < -0.4 is 5.69 Å². The van der Waals surface area contributed by atoms with Gasteiger partial charge in [0.1, 0.15) is 0 Å². The summed E-state index contributed by atoms with van der Waals surface area (Å²) in [7, 11) is 0. The molecule has 0 aromatic carbocycles. The fourth-order valence-electron chi connectivity index (χ4n) is 2.26. The van der Waals surface area contributed by atoms with Crippen LogP contribution >= 0.6 is 11.3 Å². The Morgan fingerprint density at radius 2 is 2.05 bits per heavy atom. The Balaban J connectivity index is 2.30. The van der Waals surface area contributed by atoms with Crippen molar-refractivity contribution in [3.05, 3.63) is 43.5 Å². The number of carboxylic acids is 1. The van der Waals surface area contributed by atoms with E-state index in [0.29, 0.717) is 29.9 Å². The highest BCUT2D eigenvalue weighted by atomic mass is 32.1. The lowest BCUT2D eigenvalue weighted by Gasteiger charge is -2.14. The van der Waals surface area contributed by atoms with Crippen molar-refractivity contribution in [1.29, 1.82) is 0 Å². The van der Waals surface area contributed by atoms with Crippen LogP contribution in [-0.2, 0) is 24.2 Å². The molecule has 0 aliphatic heterocycles. The first-order chi connectivity index (χ1) is 9.88. The summed E-state index contributed by atoms with van der Waals surface area (Å²) >= 11 is 1.57. The summed E-state index contributed by atoms with van der Waals surface area (Å²) in [6, 6.07) is 0. The minimum Gasteiger partial charge on any atom is -0.481 e. The standard InChI is InChI=1S/C14H17N3O3S/c1-8-12(6-13(18)19)9(2)17(14(20)15-8)5-4-11-7-21-10(3)16-11/h7H,4-6H2,1-3H3,(H,18,19). The lowest BCUT2D eigenvalue weighted by molar-refractivity contribution is -0.136. The van der Waals surface area contributed by atoms with Crippen LogP contribution in [0.15, 0.2) is 10.2 Å². The molecular formula is C14H17N3O3S. The van der Waals surface area contributed by atoms with Crippen LogP contribution in [0.2, 0.25) is 0 Å². The molecule has 6 nitrogen and oxygen atoms in total. The number of hydrogen-bond donors (Lipinski definition) is 1. The predicted octanol–water partition coefficient (Wildman–Crippen LogP) is 1.49. The molecule has 0 aliphatic rings. The Hall–Kier alpha value is -2.02. The lowest BCUT2D eigenvalue weighted by Crippen LogP contribution is -2.29. The van der Waals surface area contributed by atoms with Crippen molar-refractivity contribution in [1.82, 2.24) is 14.5 Å². The van der Waals surface area contributed by atoms with Gasteiger partial charge in [0.05, 0.1) is 17.1 Å². The Morgan fingerprint density at radius 3 is 2.62 bits per heavy atom. The van der Waals surface area contributed by atoms with Gasteiger partial charge >= 0.3 is 11.7 Å². The molecule has 0 atom stereocenters. The zero-order valence-electron chi connectivity index (χ0n) is 12.2. The first-order valence-electron chi connectivity index (χ1n) is 6.58. The van der Waals surface area contributed by atoms with Crippen LogP contribution in [0.3, 0.4) is 0 Å². The number of aromatic nitrogens is 3. The molecule has 0 amide bonds. The SMILES string of the molecule is Cc1nc(CCn2c(C)c(CC(=O)O)c(C)nc2=O)cs1. The average molecular weight is 307 g/mol. The second-order valence-corrected chi connectivity index (χ2v) is 5.94. The molecule has 0 saturated carbocycles. The van der Waals surface area contributed by atoms with E-state index in [0.717, 1.165) is 10.7 Å². The van der Waals surface area contributed by atoms with E-state index in [4.69, 9.17) is 5.11 Å². The van der Waals surface area contributed by atoms with E-state index >= 15 is 0 Å². The summed E-state index contributed by atoms with van der Waals surface area (Å²) in [5.41, 5.74) is 2.36. The first kappa shape index (κ1) is 15.4. The minimum atomic E-state index is -0.927. The maximum atomic E-state index is 12.0. The summed E-state index contributed by atoms with van der Waals surface area (Å²) in [5.74, 6) is -0.927.